The monoisotopic (exact) mass is 486 g/mol. The summed E-state index contributed by atoms with van der Waals surface area (Å²) in [6.45, 7) is 3.63. The van der Waals surface area contributed by atoms with Gasteiger partial charge in [0.15, 0.2) is 11.6 Å². The molecule has 0 saturated carbocycles. The fourth-order valence-electron chi connectivity index (χ4n) is 4.01. The van der Waals surface area contributed by atoms with Gasteiger partial charge in [0.05, 0.1) is 6.04 Å². The standard InChI is InChI=1S/C20H21F2N10OP/c1-12-26-27-28-31(12)18-17(34)11-23-19(25-18)29-4-6-30(7-5-29)20(33)32-16(2-3-24-32)13-8-14(21)10-15(22)9-13/h3,8-11,16H,2,4-7,34H2,1H3. The predicted molar refractivity (Wildman–Crippen MR) is 122 cm³/mol. The summed E-state index contributed by atoms with van der Waals surface area (Å²) in [6, 6.07) is 2.42. The van der Waals surface area contributed by atoms with Crippen molar-refractivity contribution >= 4 is 32.7 Å². The van der Waals surface area contributed by atoms with Gasteiger partial charge in [0.1, 0.15) is 11.6 Å². The number of carbonyl (C=O) groups excluding carboxylic acids is 1. The molecule has 176 valence electrons. The molecule has 2 atom stereocenters. The molecule has 1 aromatic carbocycles. The molecule has 2 aliphatic rings. The first kappa shape index (κ1) is 22.2. The van der Waals surface area contributed by atoms with Crippen LogP contribution in [-0.4, -0.2) is 78.5 Å². The van der Waals surface area contributed by atoms with Crippen LogP contribution < -0.4 is 10.2 Å². The number of anilines is 1. The molecule has 0 radical (unpaired) electrons. The van der Waals surface area contributed by atoms with Crippen molar-refractivity contribution in [3.8, 4) is 5.82 Å². The number of hydrogen-bond acceptors (Lipinski definition) is 8. The largest absolute Gasteiger partial charge is 0.341 e. The lowest BCUT2D eigenvalue weighted by atomic mass is 10.0. The summed E-state index contributed by atoms with van der Waals surface area (Å²) in [5.74, 6) is 0.303. The van der Waals surface area contributed by atoms with E-state index in [0.29, 0.717) is 55.8 Å². The minimum atomic E-state index is -0.685. The van der Waals surface area contributed by atoms with E-state index in [1.165, 1.54) is 21.8 Å². The van der Waals surface area contributed by atoms with Crippen molar-refractivity contribution in [2.75, 3.05) is 31.1 Å². The lowest BCUT2D eigenvalue weighted by molar-refractivity contribution is 0.139. The van der Waals surface area contributed by atoms with Gasteiger partial charge in [0.2, 0.25) is 5.95 Å². The van der Waals surface area contributed by atoms with Gasteiger partial charge in [0.25, 0.3) is 0 Å². The summed E-state index contributed by atoms with van der Waals surface area (Å²) in [7, 11) is 2.57. The van der Waals surface area contributed by atoms with Gasteiger partial charge in [0, 0.05) is 56.4 Å². The van der Waals surface area contributed by atoms with Crippen molar-refractivity contribution in [3.63, 3.8) is 0 Å². The summed E-state index contributed by atoms with van der Waals surface area (Å²) in [4.78, 5) is 25.8. The maximum atomic E-state index is 13.7. The second-order valence-corrected chi connectivity index (χ2v) is 8.56. The molecule has 3 aromatic rings. The zero-order chi connectivity index (χ0) is 23.8. The molecule has 0 N–H and O–H groups in total. The predicted octanol–water partition coefficient (Wildman–Crippen LogP) is 1.21. The topological polar surface area (TPSA) is 109 Å². The minimum absolute atomic E-state index is 0.311. The van der Waals surface area contributed by atoms with E-state index in [1.807, 2.05) is 4.90 Å². The Labute approximate surface area is 195 Å². The molecule has 1 fully saturated rings. The van der Waals surface area contributed by atoms with Crippen LogP contribution in [-0.2, 0) is 0 Å². The van der Waals surface area contributed by atoms with Crippen molar-refractivity contribution in [2.45, 2.75) is 19.4 Å². The summed E-state index contributed by atoms with van der Waals surface area (Å²) in [5.41, 5.74) is 0.373. The van der Waals surface area contributed by atoms with Gasteiger partial charge < -0.3 is 9.80 Å². The van der Waals surface area contributed by atoms with E-state index in [0.717, 1.165) is 11.4 Å². The molecule has 14 heteroatoms. The van der Waals surface area contributed by atoms with E-state index in [2.05, 4.69) is 39.8 Å². The van der Waals surface area contributed by atoms with Crippen molar-refractivity contribution < 1.29 is 13.6 Å². The molecule has 2 aliphatic heterocycles. The highest BCUT2D eigenvalue weighted by molar-refractivity contribution is 7.27. The Kier molecular flexibility index (Phi) is 5.86. The van der Waals surface area contributed by atoms with Gasteiger partial charge in [-0.05, 0) is 35.0 Å². The normalized spacial score (nSPS) is 18.1. The van der Waals surface area contributed by atoms with Crippen LogP contribution in [0, 0.1) is 18.6 Å². The highest BCUT2D eigenvalue weighted by Gasteiger charge is 2.34. The van der Waals surface area contributed by atoms with E-state index in [-0.39, 0.29) is 6.03 Å². The van der Waals surface area contributed by atoms with Crippen molar-refractivity contribution in [1.29, 1.82) is 0 Å². The summed E-state index contributed by atoms with van der Waals surface area (Å²) < 4.78 is 29.0. The second kappa shape index (κ2) is 8.98. The Morgan fingerprint density at radius 1 is 1.12 bits per heavy atom. The molecular formula is C20H21F2N10OP. The number of carbonyl (C=O) groups is 1. The smallest absolute Gasteiger partial charge is 0.337 e. The highest BCUT2D eigenvalue weighted by atomic mass is 31.0. The Balaban J connectivity index is 1.28. The van der Waals surface area contributed by atoms with Gasteiger partial charge in [-0.2, -0.15) is 14.8 Å². The number of halogens is 2. The molecule has 0 bridgehead atoms. The summed E-state index contributed by atoms with van der Waals surface area (Å²) >= 11 is 0. The van der Waals surface area contributed by atoms with E-state index >= 15 is 0 Å². The number of rotatable bonds is 3. The molecule has 0 spiro atoms. The van der Waals surface area contributed by atoms with Crippen LogP contribution in [0.2, 0.25) is 0 Å². The molecule has 11 nitrogen and oxygen atoms in total. The van der Waals surface area contributed by atoms with Crippen LogP contribution in [0.4, 0.5) is 19.5 Å². The fraction of sp³-hybridized carbons (Fsp3) is 0.350. The molecule has 2 unspecified atom stereocenters. The molecule has 2 aromatic heterocycles. The molecule has 1 saturated heterocycles. The van der Waals surface area contributed by atoms with Crippen LogP contribution in [0.25, 0.3) is 5.82 Å². The van der Waals surface area contributed by atoms with Crippen molar-refractivity contribution in [1.82, 2.24) is 40.1 Å². The van der Waals surface area contributed by atoms with Gasteiger partial charge >= 0.3 is 6.03 Å². The van der Waals surface area contributed by atoms with Gasteiger partial charge in [-0.3, -0.25) is 0 Å². The van der Waals surface area contributed by atoms with Crippen LogP contribution >= 0.6 is 9.24 Å². The van der Waals surface area contributed by atoms with Crippen LogP contribution in [0.5, 0.6) is 0 Å². The van der Waals surface area contributed by atoms with Crippen LogP contribution in [0.3, 0.4) is 0 Å². The molecule has 5 rings (SSSR count). The first-order chi connectivity index (χ1) is 16.4. The average Bonchev–Trinajstić information content (AvgIpc) is 3.48. The number of hydrazone groups is 1. The number of aryl methyl sites for hydroxylation is 1. The number of benzene rings is 1. The number of tetrazole rings is 1. The Bertz CT molecular complexity index is 1240. The lowest BCUT2D eigenvalue weighted by Gasteiger charge is -2.37. The maximum Gasteiger partial charge on any atom is 0.341 e. The first-order valence-corrected chi connectivity index (χ1v) is 11.2. The zero-order valence-electron chi connectivity index (χ0n) is 18.2. The van der Waals surface area contributed by atoms with Gasteiger partial charge in [-0.15, -0.1) is 5.10 Å². The third-order valence-electron chi connectivity index (χ3n) is 5.74. The van der Waals surface area contributed by atoms with Gasteiger partial charge in [-0.25, -0.2) is 23.6 Å². The maximum absolute atomic E-state index is 13.7. The number of piperazine rings is 1. The number of aromatic nitrogens is 6. The summed E-state index contributed by atoms with van der Waals surface area (Å²) in [5, 5.41) is 17.7. The van der Waals surface area contributed by atoms with Gasteiger partial charge in [-0.1, -0.05) is 9.24 Å². The average molecular weight is 486 g/mol. The zero-order valence-corrected chi connectivity index (χ0v) is 19.4. The Morgan fingerprint density at radius 2 is 1.85 bits per heavy atom. The van der Waals surface area contributed by atoms with Crippen molar-refractivity contribution in [2.24, 2.45) is 5.10 Å². The van der Waals surface area contributed by atoms with Crippen molar-refractivity contribution in [3.05, 3.63) is 47.4 Å². The molecule has 4 heterocycles. The highest BCUT2D eigenvalue weighted by Crippen LogP contribution is 2.30. The molecule has 0 aliphatic carbocycles. The second-order valence-electron chi connectivity index (χ2n) is 7.94. The van der Waals surface area contributed by atoms with Crippen LogP contribution in [0.15, 0.2) is 29.5 Å². The lowest BCUT2D eigenvalue weighted by Crippen LogP contribution is -2.52. The number of nitrogens with zero attached hydrogens (tertiary/aromatic N) is 10. The summed E-state index contributed by atoms with van der Waals surface area (Å²) in [6.07, 6.45) is 3.66. The minimum Gasteiger partial charge on any atom is -0.337 e. The number of urea groups is 1. The van der Waals surface area contributed by atoms with E-state index in [9.17, 15) is 13.6 Å². The first-order valence-electron chi connectivity index (χ1n) is 10.6. The third kappa shape index (κ3) is 4.18. The van der Waals surface area contributed by atoms with Crippen LogP contribution in [0.1, 0.15) is 23.9 Å². The van der Waals surface area contributed by atoms with E-state index < -0.39 is 17.7 Å². The molecule has 34 heavy (non-hydrogen) atoms. The Hall–Kier alpha value is -3.60. The molecule has 2 amide bonds. The SMILES string of the molecule is Cc1nnnn1-c1nc(N2CCN(C(=O)N3N=CCC3c3cc(F)cc(F)c3)CC2)ncc1P. The fourth-order valence-corrected chi connectivity index (χ4v) is 4.27. The number of amides is 2. The van der Waals surface area contributed by atoms with E-state index in [1.54, 1.807) is 24.2 Å². The quantitative estimate of drug-likeness (QED) is 0.512. The Morgan fingerprint density at radius 3 is 2.53 bits per heavy atom. The van der Waals surface area contributed by atoms with E-state index in [4.69, 9.17) is 0 Å². The third-order valence-corrected chi connectivity index (χ3v) is 6.15. The molecular weight excluding hydrogens is 465 g/mol. The number of hydrogen-bond donors (Lipinski definition) is 0.